The maximum atomic E-state index is 13.2. The molecule has 0 bridgehead atoms. The molecule has 2 rings (SSSR count). The summed E-state index contributed by atoms with van der Waals surface area (Å²) in [6.45, 7) is 5.73. The maximum absolute atomic E-state index is 13.2. The monoisotopic (exact) mass is 516 g/mol. The minimum absolute atomic E-state index is 0. The second kappa shape index (κ2) is 11.8. The van der Waals surface area contributed by atoms with E-state index in [9.17, 15) is 17.6 Å². The van der Waals surface area contributed by atoms with Crippen LogP contribution < -0.4 is 10.6 Å². The number of hydrogen-bond donors (Lipinski definition) is 2. The zero-order chi connectivity index (χ0) is 19.9. The average molecular weight is 516 g/mol. The molecule has 0 saturated carbocycles. The van der Waals surface area contributed by atoms with Crippen LogP contribution in [0, 0.1) is 18.7 Å². The molecule has 0 amide bonds. The van der Waals surface area contributed by atoms with Crippen LogP contribution in [-0.2, 0) is 6.42 Å². The summed E-state index contributed by atoms with van der Waals surface area (Å²) in [6.07, 6.45) is -2.68. The number of guanidine groups is 1. The van der Waals surface area contributed by atoms with Crippen molar-refractivity contribution in [1.29, 1.82) is 0 Å². The molecule has 1 aliphatic rings. The molecule has 9 heteroatoms. The van der Waals surface area contributed by atoms with Gasteiger partial charge in [-0.05, 0) is 62.4 Å². The Labute approximate surface area is 181 Å². The van der Waals surface area contributed by atoms with E-state index < -0.39 is 12.7 Å². The Morgan fingerprint density at radius 3 is 2.68 bits per heavy atom. The Morgan fingerprint density at radius 1 is 1.29 bits per heavy atom. The number of benzene rings is 1. The van der Waals surface area contributed by atoms with Crippen LogP contribution in [0.4, 0.5) is 17.6 Å². The Morgan fingerprint density at radius 2 is 2.04 bits per heavy atom. The first-order chi connectivity index (χ1) is 12.8. The SMILES string of the molecule is CCNC(=NCC1CCN(CC(F)(F)F)C1)NCCc1ccc(F)cc1C.I. The van der Waals surface area contributed by atoms with Crippen LogP contribution >= 0.6 is 24.0 Å². The Kier molecular flexibility index (Phi) is 10.5. The van der Waals surface area contributed by atoms with Crippen LogP contribution in [0.5, 0.6) is 0 Å². The van der Waals surface area contributed by atoms with Gasteiger partial charge in [-0.1, -0.05) is 6.07 Å². The van der Waals surface area contributed by atoms with Crippen LogP contribution in [0.2, 0.25) is 0 Å². The first-order valence-electron chi connectivity index (χ1n) is 9.33. The highest BCUT2D eigenvalue weighted by Gasteiger charge is 2.34. The molecule has 0 radical (unpaired) electrons. The van der Waals surface area contributed by atoms with E-state index in [2.05, 4.69) is 15.6 Å². The van der Waals surface area contributed by atoms with Gasteiger partial charge in [-0.15, -0.1) is 24.0 Å². The van der Waals surface area contributed by atoms with Gasteiger partial charge in [0.1, 0.15) is 5.82 Å². The normalized spacial score (nSPS) is 18.1. The zero-order valence-electron chi connectivity index (χ0n) is 16.3. The fraction of sp³-hybridized carbons (Fsp3) is 0.632. The Hall–Kier alpha value is -1.10. The predicted molar refractivity (Wildman–Crippen MR) is 115 cm³/mol. The third-order valence-corrected chi connectivity index (χ3v) is 4.62. The summed E-state index contributed by atoms with van der Waals surface area (Å²) in [5.41, 5.74) is 1.98. The lowest BCUT2D eigenvalue weighted by molar-refractivity contribution is -0.143. The minimum atomic E-state index is -4.15. The van der Waals surface area contributed by atoms with E-state index in [1.54, 1.807) is 6.07 Å². The van der Waals surface area contributed by atoms with Crippen molar-refractivity contribution in [2.24, 2.45) is 10.9 Å². The number of likely N-dealkylation sites (tertiary alicyclic amines) is 1. The number of alkyl halides is 3. The predicted octanol–water partition coefficient (Wildman–Crippen LogP) is 3.73. The number of nitrogens with zero attached hydrogens (tertiary/aromatic N) is 2. The number of nitrogens with one attached hydrogen (secondary N) is 2. The van der Waals surface area contributed by atoms with Gasteiger partial charge in [0.2, 0.25) is 0 Å². The van der Waals surface area contributed by atoms with Crippen molar-refractivity contribution < 1.29 is 17.6 Å². The lowest BCUT2D eigenvalue weighted by atomic mass is 10.1. The van der Waals surface area contributed by atoms with Crippen LogP contribution in [0.25, 0.3) is 0 Å². The summed E-state index contributed by atoms with van der Waals surface area (Å²) in [5.74, 6) is 0.559. The highest BCUT2D eigenvalue weighted by Crippen LogP contribution is 2.22. The van der Waals surface area contributed by atoms with Crippen molar-refractivity contribution >= 4 is 29.9 Å². The fourth-order valence-electron chi connectivity index (χ4n) is 3.28. The molecule has 0 aromatic heterocycles. The molecule has 2 N–H and O–H groups in total. The number of rotatable bonds is 7. The zero-order valence-corrected chi connectivity index (χ0v) is 18.6. The van der Waals surface area contributed by atoms with Gasteiger partial charge in [0.15, 0.2) is 5.96 Å². The Bertz CT molecular complexity index is 637. The smallest absolute Gasteiger partial charge is 0.357 e. The molecule has 1 atom stereocenters. The number of aryl methyl sites for hydroxylation is 1. The van der Waals surface area contributed by atoms with Crippen LogP contribution in [0.3, 0.4) is 0 Å². The molecule has 1 unspecified atom stereocenters. The number of hydrogen-bond acceptors (Lipinski definition) is 2. The lowest BCUT2D eigenvalue weighted by Crippen LogP contribution is -2.39. The summed E-state index contributed by atoms with van der Waals surface area (Å²) in [6, 6.07) is 4.75. The van der Waals surface area contributed by atoms with E-state index in [0.29, 0.717) is 38.7 Å². The van der Waals surface area contributed by atoms with Crippen molar-refractivity contribution in [2.45, 2.75) is 32.9 Å². The number of halogens is 5. The molecule has 1 aromatic rings. The molecule has 1 aliphatic heterocycles. The third-order valence-electron chi connectivity index (χ3n) is 4.62. The lowest BCUT2D eigenvalue weighted by Gasteiger charge is -2.17. The van der Waals surface area contributed by atoms with Crippen molar-refractivity contribution in [3.63, 3.8) is 0 Å². The first-order valence-corrected chi connectivity index (χ1v) is 9.33. The van der Waals surface area contributed by atoms with E-state index in [1.165, 1.54) is 17.0 Å². The maximum Gasteiger partial charge on any atom is 0.401 e. The standard InChI is InChI=1S/C19H28F4N4.HI/c1-3-24-18(25-8-6-16-4-5-17(20)10-14(16)2)26-11-15-7-9-27(12-15)13-19(21,22)23;/h4-5,10,15H,3,6-9,11-13H2,1-2H3,(H2,24,25,26);1H. The highest BCUT2D eigenvalue weighted by molar-refractivity contribution is 14.0. The summed E-state index contributed by atoms with van der Waals surface area (Å²) in [5, 5.41) is 6.39. The summed E-state index contributed by atoms with van der Waals surface area (Å²) in [4.78, 5) is 5.96. The van der Waals surface area contributed by atoms with Gasteiger partial charge in [0.05, 0.1) is 6.54 Å². The van der Waals surface area contributed by atoms with E-state index in [-0.39, 0.29) is 35.7 Å². The van der Waals surface area contributed by atoms with Gasteiger partial charge in [0.25, 0.3) is 0 Å². The van der Waals surface area contributed by atoms with Gasteiger partial charge >= 0.3 is 6.18 Å². The molecule has 1 fully saturated rings. The molecule has 0 aliphatic carbocycles. The van der Waals surface area contributed by atoms with E-state index in [1.807, 2.05) is 13.8 Å². The molecule has 1 aromatic carbocycles. The van der Waals surface area contributed by atoms with Crippen LogP contribution in [0.15, 0.2) is 23.2 Å². The van der Waals surface area contributed by atoms with Gasteiger partial charge < -0.3 is 10.6 Å². The average Bonchev–Trinajstić information content (AvgIpc) is 3.00. The van der Waals surface area contributed by atoms with Gasteiger partial charge in [-0.25, -0.2) is 4.39 Å². The topological polar surface area (TPSA) is 39.7 Å². The van der Waals surface area contributed by atoms with Gasteiger partial charge in [-0.2, -0.15) is 13.2 Å². The van der Waals surface area contributed by atoms with Crippen molar-refractivity contribution in [1.82, 2.24) is 15.5 Å². The summed E-state index contributed by atoms with van der Waals surface area (Å²) < 4.78 is 50.6. The van der Waals surface area contributed by atoms with Crippen LogP contribution in [0.1, 0.15) is 24.5 Å². The molecule has 0 spiro atoms. The second-order valence-corrected chi connectivity index (χ2v) is 6.97. The molecule has 1 saturated heterocycles. The largest absolute Gasteiger partial charge is 0.401 e. The molecule has 1 heterocycles. The molecule has 160 valence electrons. The van der Waals surface area contributed by atoms with Crippen molar-refractivity contribution in [3.05, 3.63) is 35.1 Å². The molecular formula is C19H29F4IN4. The molecule has 28 heavy (non-hydrogen) atoms. The van der Waals surface area contributed by atoms with Crippen LogP contribution in [-0.4, -0.2) is 56.3 Å². The van der Waals surface area contributed by atoms with Gasteiger partial charge in [0, 0.05) is 26.2 Å². The minimum Gasteiger partial charge on any atom is -0.357 e. The summed E-state index contributed by atoms with van der Waals surface area (Å²) in [7, 11) is 0. The molecule has 4 nitrogen and oxygen atoms in total. The van der Waals surface area contributed by atoms with E-state index >= 15 is 0 Å². The Balaban J connectivity index is 0.00000392. The van der Waals surface area contributed by atoms with Crippen molar-refractivity contribution in [2.75, 3.05) is 39.3 Å². The first kappa shape index (κ1) is 24.9. The van der Waals surface area contributed by atoms with Gasteiger partial charge in [-0.3, -0.25) is 9.89 Å². The van der Waals surface area contributed by atoms with E-state index in [0.717, 1.165) is 24.0 Å². The quantitative estimate of drug-likeness (QED) is 0.251. The fourth-order valence-corrected chi connectivity index (χ4v) is 3.28. The van der Waals surface area contributed by atoms with Crippen molar-refractivity contribution in [3.8, 4) is 0 Å². The third kappa shape index (κ3) is 8.93. The number of aliphatic imine (C=N–C) groups is 1. The molecular weight excluding hydrogens is 487 g/mol. The second-order valence-electron chi connectivity index (χ2n) is 6.97. The van der Waals surface area contributed by atoms with E-state index in [4.69, 9.17) is 0 Å². The summed E-state index contributed by atoms with van der Waals surface area (Å²) >= 11 is 0. The highest BCUT2D eigenvalue weighted by atomic mass is 127.